The zero-order valence-electron chi connectivity index (χ0n) is 12.4. The van der Waals surface area contributed by atoms with E-state index in [1.807, 2.05) is 18.4 Å². The van der Waals surface area contributed by atoms with Crippen LogP contribution in [0.4, 0.5) is 13.2 Å². The van der Waals surface area contributed by atoms with Gasteiger partial charge in [-0.15, -0.1) is 11.3 Å². The minimum Gasteiger partial charge on any atom is -0.481 e. The summed E-state index contributed by atoms with van der Waals surface area (Å²) in [5.74, 6) is 0.217. The van der Waals surface area contributed by atoms with Crippen LogP contribution in [0, 0.1) is 12.3 Å². The van der Waals surface area contributed by atoms with Crippen LogP contribution in [0.3, 0.4) is 0 Å². The fourth-order valence-corrected chi connectivity index (χ4v) is 2.77. The molecule has 0 unspecified atom stereocenters. The van der Waals surface area contributed by atoms with Gasteiger partial charge in [0, 0.05) is 10.9 Å². The summed E-state index contributed by atoms with van der Waals surface area (Å²) in [6, 6.07) is 5.15. The first-order valence-electron chi connectivity index (χ1n) is 6.46. The lowest BCUT2D eigenvalue weighted by Crippen LogP contribution is -2.21. The third-order valence-electron chi connectivity index (χ3n) is 3.04. The van der Waals surface area contributed by atoms with E-state index in [1.165, 1.54) is 18.4 Å². The smallest absolute Gasteiger partial charge is 0.430 e. The van der Waals surface area contributed by atoms with Crippen molar-refractivity contribution in [1.29, 1.82) is 5.41 Å². The number of nitrogens with one attached hydrogen (secondary N) is 1. The minimum absolute atomic E-state index is 0.0550. The maximum absolute atomic E-state index is 12.5. The van der Waals surface area contributed by atoms with Gasteiger partial charge in [-0.1, -0.05) is 0 Å². The van der Waals surface area contributed by atoms with E-state index < -0.39 is 17.6 Å². The van der Waals surface area contributed by atoms with E-state index in [0.717, 1.165) is 16.0 Å². The highest BCUT2D eigenvalue weighted by Gasteiger charge is 2.31. The molecular weight excluding hydrogens is 327 g/mol. The number of nitrogens with two attached hydrogens (primary N) is 1. The van der Waals surface area contributed by atoms with Crippen LogP contribution < -0.4 is 10.5 Å². The number of nitrogens with zero attached hydrogens (tertiary/aromatic N) is 1. The van der Waals surface area contributed by atoms with Crippen molar-refractivity contribution in [1.82, 2.24) is 4.98 Å². The van der Waals surface area contributed by atoms with Crippen molar-refractivity contribution in [2.75, 3.05) is 7.11 Å². The van der Waals surface area contributed by atoms with Crippen molar-refractivity contribution in [2.24, 2.45) is 5.73 Å². The maximum Gasteiger partial charge on any atom is 0.430 e. The molecular formula is C15H14F3N3OS. The predicted octanol–water partition coefficient (Wildman–Crippen LogP) is 3.90. The zero-order valence-corrected chi connectivity index (χ0v) is 13.2. The molecule has 0 fully saturated rings. The normalized spacial score (nSPS) is 12.3. The second-order valence-corrected chi connectivity index (χ2v) is 5.64. The molecule has 0 aliphatic carbocycles. The number of thiophene rings is 1. The van der Waals surface area contributed by atoms with Crippen LogP contribution in [0.5, 0.6) is 5.88 Å². The maximum atomic E-state index is 12.5. The Bertz CT molecular complexity index is 766. The fraction of sp³-hybridized carbons (Fsp3) is 0.200. The molecule has 2 aromatic heterocycles. The van der Waals surface area contributed by atoms with Crippen LogP contribution in [-0.2, 0) is 0 Å². The largest absolute Gasteiger partial charge is 0.481 e. The molecule has 2 rings (SSSR count). The number of methoxy groups -OCH3 is 1. The monoisotopic (exact) mass is 341 g/mol. The zero-order chi connectivity index (χ0) is 17.2. The lowest BCUT2D eigenvalue weighted by molar-refractivity contribution is -0.0925. The molecule has 122 valence electrons. The Balaban J connectivity index is 2.47. The van der Waals surface area contributed by atoms with Crippen LogP contribution in [0.2, 0.25) is 0 Å². The molecule has 0 aliphatic rings. The number of alkyl halides is 3. The Morgan fingerprint density at radius 1 is 1.39 bits per heavy atom. The van der Waals surface area contributed by atoms with Crippen molar-refractivity contribution >= 4 is 17.0 Å². The van der Waals surface area contributed by atoms with E-state index in [1.54, 1.807) is 12.1 Å². The van der Waals surface area contributed by atoms with Crippen molar-refractivity contribution in [3.8, 4) is 16.3 Å². The van der Waals surface area contributed by atoms with Gasteiger partial charge in [0.15, 0.2) is 0 Å². The molecule has 0 atom stereocenters. The van der Waals surface area contributed by atoms with Crippen LogP contribution >= 0.6 is 11.3 Å². The molecule has 8 heteroatoms. The molecule has 2 aromatic rings. The molecule has 0 spiro atoms. The molecule has 0 radical (unpaired) electrons. The molecule has 23 heavy (non-hydrogen) atoms. The van der Waals surface area contributed by atoms with E-state index >= 15 is 0 Å². The molecule has 0 saturated carbocycles. The molecule has 0 aromatic carbocycles. The molecule has 2 heterocycles. The van der Waals surface area contributed by atoms with Gasteiger partial charge in [-0.2, -0.15) is 13.2 Å². The highest BCUT2D eigenvalue weighted by atomic mass is 32.1. The SMILES string of the molecule is COc1cc(-c2sccc2C)cc(C(=N)C=C(N)C(F)(F)F)n1. The number of ether oxygens (including phenoxy) is 1. The molecule has 0 bridgehead atoms. The van der Waals surface area contributed by atoms with E-state index in [0.29, 0.717) is 6.08 Å². The minimum atomic E-state index is -4.68. The third-order valence-corrected chi connectivity index (χ3v) is 4.10. The van der Waals surface area contributed by atoms with E-state index in [-0.39, 0.29) is 11.6 Å². The summed E-state index contributed by atoms with van der Waals surface area (Å²) in [7, 11) is 1.40. The summed E-state index contributed by atoms with van der Waals surface area (Å²) in [5, 5.41) is 9.72. The highest BCUT2D eigenvalue weighted by Crippen LogP contribution is 2.31. The lowest BCUT2D eigenvalue weighted by atomic mass is 10.1. The van der Waals surface area contributed by atoms with Crippen LogP contribution in [0.1, 0.15) is 11.3 Å². The molecule has 0 saturated heterocycles. The van der Waals surface area contributed by atoms with Gasteiger partial charge in [-0.05, 0) is 41.6 Å². The Morgan fingerprint density at radius 2 is 2.09 bits per heavy atom. The predicted molar refractivity (Wildman–Crippen MR) is 84.0 cm³/mol. The number of pyridine rings is 1. The number of allylic oxidation sites excluding steroid dienone is 2. The summed E-state index contributed by atoms with van der Waals surface area (Å²) in [4.78, 5) is 4.95. The second kappa shape index (κ2) is 6.41. The molecule has 3 N–H and O–H groups in total. The van der Waals surface area contributed by atoms with Crippen molar-refractivity contribution < 1.29 is 17.9 Å². The van der Waals surface area contributed by atoms with Gasteiger partial charge in [0.1, 0.15) is 5.70 Å². The van der Waals surface area contributed by atoms with E-state index in [9.17, 15) is 13.2 Å². The Morgan fingerprint density at radius 3 is 2.61 bits per heavy atom. The first-order chi connectivity index (χ1) is 10.7. The highest BCUT2D eigenvalue weighted by molar-refractivity contribution is 7.13. The summed E-state index contributed by atoms with van der Waals surface area (Å²) < 4.78 is 42.6. The standard InChI is InChI=1S/C15H14F3N3OS/c1-8-3-4-23-14(8)9-5-11(21-13(6-9)22-2)10(19)7-12(20)15(16,17)18/h3-7,19H,20H2,1-2H3. The van der Waals surface area contributed by atoms with Crippen molar-refractivity contribution in [3.63, 3.8) is 0 Å². The van der Waals surface area contributed by atoms with Gasteiger partial charge in [-0.3, -0.25) is 5.41 Å². The number of hydrogen-bond donors (Lipinski definition) is 2. The Hall–Kier alpha value is -2.35. The molecule has 0 aliphatic heterocycles. The average molecular weight is 341 g/mol. The van der Waals surface area contributed by atoms with Gasteiger partial charge in [0.25, 0.3) is 0 Å². The summed E-state index contributed by atoms with van der Waals surface area (Å²) in [6.45, 7) is 1.92. The average Bonchev–Trinajstić information content (AvgIpc) is 2.91. The van der Waals surface area contributed by atoms with Gasteiger partial charge >= 0.3 is 6.18 Å². The summed E-state index contributed by atoms with van der Waals surface area (Å²) in [5.41, 5.74) is 4.97. The van der Waals surface area contributed by atoms with Gasteiger partial charge in [0.2, 0.25) is 5.88 Å². The summed E-state index contributed by atoms with van der Waals surface area (Å²) >= 11 is 1.49. The number of aromatic nitrogens is 1. The second-order valence-electron chi connectivity index (χ2n) is 4.73. The van der Waals surface area contributed by atoms with E-state index in [2.05, 4.69) is 4.98 Å². The molecule has 4 nitrogen and oxygen atoms in total. The fourth-order valence-electron chi connectivity index (χ4n) is 1.86. The van der Waals surface area contributed by atoms with E-state index in [4.69, 9.17) is 15.9 Å². The van der Waals surface area contributed by atoms with Gasteiger partial charge in [0.05, 0.1) is 18.5 Å². The number of rotatable bonds is 4. The topological polar surface area (TPSA) is 72.0 Å². The first-order valence-corrected chi connectivity index (χ1v) is 7.34. The Labute approximate surface area is 134 Å². The van der Waals surface area contributed by atoms with Gasteiger partial charge in [-0.25, -0.2) is 4.98 Å². The summed E-state index contributed by atoms with van der Waals surface area (Å²) in [6.07, 6.45) is -4.13. The van der Waals surface area contributed by atoms with Gasteiger partial charge < -0.3 is 10.5 Å². The van der Waals surface area contributed by atoms with Crippen LogP contribution in [0.25, 0.3) is 10.4 Å². The van der Waals surface area contributed by atoms with Crippen molar-refractivity contribution in [3.05, 3.63) is 46.6 Å². The molecule has 0 amide bonds. The quantitative estimate of drug-likeness (QED) is 0.829. The third kappa shape index (κ3) is 3.89. The number of halogens is 3. The number of hydrogen-bond acceptors (Lipinski definition) is 5. The first kappa shape index (κ1) is 17.0. The van der Waals surface area contributed by atoms with Crippen LogP contribution in [-0.4, -0.2) is 24.0 Å². The Kier molecular flexibility index (Phi) is 4.74. The lowest BCUT2D eigenvalue weighted by Gasteiger charge is -2.09. The van der Waals surface area contributed by atoms with Crippen molar-refractivity contribution in [2.45, 2.75) is 13.1 Å². The van der Waals surface area contributed by atoms with Crippen LogP contribution in [0.15, 0.2) is 35.4 Å². The number of aryl methyl sites for hydroxylation is 1.